The lowest BCUT2D eigenvalue weighted by Gasteiger charge is -2.18. The van der Waals surface area contributed by atoms with Crippen molar-refractivity contribution < 1.29 is 13.2 Å². The molecule has 0 spiro atoms. The van der Waals surface area contributed by atoms with Crippen molar-refractivity contribution in [3.05, 3.63) is 87.2 Å². The summed E-state index contributed by atoms with van der Waals surface area (Å²) in [7, 11) is -3.36. The van der Waals surface area contributed by atoms with Crippen molar-refractivity contribution in [2.45, 2.75) is 19.3 Å². The number of benzene rings is 3. The van der Waals surface area contributed by atoms with Crippen LogP contribution in [0, 0.1) is 0 Å². The van der Waals surface area contributed by atoms with E-state index in [-0.39, 0.29) is 5.41 Å². The van der Waals surface area contributed by atoms with Gasteiger partial charge in [0.05, 0.1) is 18.6 Å². The Morgan fingerprint density at radius 2 is 1.71 bits per heavy atom. The molecule has 174 valence electrons. The molecule has 0 radical (unpaired) electrons. The third kappa shape index (κ3) is 3.99. The molecule has 0 fully saturated rings. The Bertz CT molecular complexity index is 1680. The Balaban J connectivity index is 1.67. The van der Waals surface area contributed by atoms with Crippen LogP contribution in [0.2, 0.25) is 0 Å². The summed E-state index contributed by atoms with van der Waals surface area (Å²) in [6, 6.07) is 16.5. The predicted molar refractivity (Wildman–Crippen MR) is 133 cm³/mol. The summed E-state index contributed by atoms with van der Waals surface area (Å²) in [4.78, 5) is 26.4. The van der Waals surface area contributed by atoms with Crippen LogP contribution < -0.4 is 20.7 Å². The number of H-pyrrole nitrogens is 1. The maximum absolute atomic E-state index is 12.6. The normalized spacial score (nSPS) is 14.6. The summed E-state index contributed by atoms with van der Waals surface area (Å²) < 4.78 is 33.0. The third-order valence-electron chi connectivity index (χ3n) is 5.94. The first-order chi connectivity index (χ1) is 16.0. The molecular weight excluding hydrogens is 454 g/mol. The Morgan fingerprint density at radius 3 is 2.44 bits per heavy atom. The molecular formula is C25H23N3O5S. The minimum Gasteiger partial charge on any atom is -0.490 e. The van der Waals surface area contributed by atoms with Gasteiger partial charge in [-0.3, -0.25) is 19.1 Å². The van der Waals surface area contributed by atoms with Gasteiger partial charge in [-0.25, -0.2) is 13.2 Å². The van der Waals surface area contributed by atoms with Crippen molar-refractivity contribution in [1.82, 2.24) is 9.55 Å². The summed E-state index contributed by atoms with van der Waals surface area (Å²) in [6.45, 7) is 4.64. The van der Waals surface area contributed by atoms with Crippen LogP contribution in [0.25, 0.3) is 27.6 Å². The standard InChI is InChI=1S/C25H23N3O5S/c1-25(2)14-33-23-20(25)12-18(13-21(23)28-9-8-22(29)26-24(28)30)16-4-5-17-11-19(27-34(3,31)32)7-6-15(17)10-16/h4-13,27H,14H2,1-3H3,(H,26,29,30). The second-order valence-electron chi connectivity index (χ2n) is 9.18. The summed E-state index contributed by atoms with van der Waals surface area (Å²) >= 11 is 0. The van der Waals surface area contributed by atoms with E-state index in [0.29, 0.717) is 23.7 Å². The van der Waals surface area contributed by atoms with E-state index < -0.39 is 21.3 Å². The van der Waals surface area contributed by atoms with E-state index in [2.05, 4.69) is 29.6 Å². The van der Waals surface area contributed by atoms with Gasteiger partial charge in [-0.05, 0) is 52.2 Å². The van der Waals surface area contributed by atoms with E-state index in [9.17, 15) is 18.0 Å². The lowest BCUT2D eigenvalue weighted by Crippen LogP contribution is -2.27. The van der Waals surface area contributed by atoms with Crippen molar-refractivity contribution in [3.8, 4) is 22.6 Å². The molecule has 0 saturated carbocycles. The summed E-state index contributed by atoms with van der Waals surface area (Å²) in [5, 5.41) is 1.83. The number of aromatic amines is 1. The molecule has 1 aromatic heterocycles. The number of sulfonamides is 1. The number of hydrogen-bond donors (Lipinski definition) is 2. The average molecular weight is 478 g/mol. The second-order valence-corrected chi connectivity index (χ2v) is 10.9. The van der Waals surface area contributed by atoms with Crippen LogP contribution in [-0.4, -0.2) is 30.8 Å². The van der Waals surface area contributed by atoms with Gasteiger partial charge in [0.2, 0.25) is 10.0 Å². The maximum atomic E-state index is 12.6. The van der Waals surface area contributed by atoms with Gasteiger partial charge < -0.3 is 4.74 Å². The highest BCUT2D eigenvalue weighted by atomic mass is 32.2. The highest BCUT2D eigenvalue weighted by Crippen LogP contribution is 2.44. The zero-order valence-corrected chi connectivity index (χ0v) is 19.7. The molecule has 5 rings (SSSR count). The van der Waals surface area contributed by atoms with E-state index >= 15 is 0 Å². The van der Waals surface area contributed by atoms with Crippen LogP contribution in [0.5, 0.6) is 5.75 Å². The zero-order chi connectivity index (χ0) is 24.3. The number of hydrogen-bond acceptors (Lipinski definition) is 5. The molecule has 2 N–H and O–H groups in total. The lowest BCUT2D eigenvalue weighted by atomic mass is 9.84. The number of aromatic nitrogens is 2. The fourth-order valence-corrected chi connectivity index (χ4v) is 4.81. The Hall–Kier alpha value is -3.85. The molecule has 34 heavy (non-hydrogen) atoms. The maximum Gasteiger partial charge on any atom is 0.333 e. The summed E-state index contributed by atoms with van der Waals surface area (Å²) in [5.41, 5.74) is 2.61. The number of nitrogens with one attached hydrogen (secondary N) is 2. The molecule has 0 amide bonds. The molecule has 0 unspecified atom stereocenters. The number of rotatable bonds is 4. The van der Waals surface area contributed by atoms with Gasteiger partial charge in [0, 0.05) is 28.9 Å². The van der Waals surface area contributed by atoms with Crippen LogP contribution in [0.15, 0.2) is 70.4 Å². The SMILES string of the molecule is CC1(C)COc2c(-n3ccc(=O)[nH]c3=O)cc(-c3ccc4cc(NS(C)(=O)=O)ccc4c3)cc21. The number of ether oxygens (including phenoxy) is 1. The Kier molecular flexibility index (Phi) is 4.91. The first-order valence-electron chi connectivity index (χ1n) is 10.7. The quantitative estimate of drug-likeness (QED) is 0.468. The smallest absolute Gasteiger partial charge is 0.333 e. The third-order valence-corrected chi connectivity index (χ3v) is 6.54. The molecule has 1 aliphatic heterocycles. The van der Waals surface area contributed by atoms with E-state index in [1.54, 1.807) is 12.1 Å². The van der Waals surface area contributed by atoms with Gasteiger partial charge in [-0.1, -0.05) is 32.0 Å². The van der Waals surface area contributed by atoms with Crippen LogP contribution in [0.3, 0.4) is 0 Å². The monoisotopic (exact) mass is 477 g/mol. The van der Waals surface area contributed by atoms with Crippen LogP contribution in [0.1, 0.15) is 19.4 Å². The summed E-state index contributed by atoms with van der Waals surface area (Å²) in [6.07, 6.45) is 2.57. The van der Waals surface area contributed by atoms with Gasteiger partial charge >= 0.3 is 5.69 Å². The minimum atomic E-state index is -3.36. The molecule has 3 aromatic carbocycles. The first-order valence-corrected chi connectivity index (χ1v) is 12.5. The van der Waals surface area contributed by atoms with Gasteiger partial charge in [-0.2, -0.15) is 0 Å². The Morgan fingerprint density at radius 1 is 0.971 bits per heavy atom. The van der Waals surface area contributed by atoms with E-state index in [1.807, 2.05) is 30.3 Å². The topological polar surface area (TPSA) is 110 Å². The number of nitrogens with zero attached hydrogens (tertiary/aromatic N) is 1. The molecule has 2 heterocycles. The highest BCUT2D eigenvalue weighted by Gasteiger charge is 2.34. The molecule has 0 aliphatic carbocycles. The molecule has 0 bridgehead atoms. The van der Waals surface area contributed by atoms with Crippen LogP contribution in [0.4, 0.5) is 5.69 Å². The van der Waals surface area contributed by atoms with Gasteiger partial charge in [0.25, 0.3) is 5.56 Å². The fraction of sp³-hybridized carbons (Fsp3) is 0.200. The van der Waals surface area contributed by atoms with Gasteiger partial charge in [-0.15, -0.1) is 0 Å². The van der Waals surface area contributed by atoms with Crippen LogP contribution in [-0.2, 0) is 15.4 Å². The predicted octanol–water partition coefficient (Wildman–Crippen LogP) is 3.39. The van der Waals surface area contributed by atoms with Gasteiger partial charge in [0.15, 0.2) is 0 Å². The van der Waals surface area contributed by atoms with Gasteiger partial charge in [0.1, 0.15) is 5.75 Å². The molecule has 8 nitrogen and oxygen atoms in total. The largest absolute Gasteiger partial charge is 0.490 e. The number of fused-ring (bicyclic) bond motifs is 2. The van der Waals surface area contributed by atoms with E-state index in [1.165, 1.54) is 16.8 Å². The minimum absolute atomic E-state index is 0.255. The van der Waals surface area contributed by atoms with Crippen molar-refractivity contribution in [3.63, 3.8) is 0 Å². The highest BCUT2D eigenvalue weighted by molar-refractivity contribution is 7.92. The second kappa shape index (κ2) is 7.59. The first kappa shape index (κ1) is 22.0. The van der Waals surface area contributed by atoms with Crippen molar-refractivity contribution in [2.24, 2.45) is 0 Å². The molecule has 9 heteroatoms. The Labute approximate surface area is 195 Å². The summed E-state index contributed by atoms with van der Waals surface area (Å²) in [5.74, 6) is 0.625. The molecule has 0 atom stereocenters. The lowest BCUT2D eigenvalue weighted by molar-refractivity contribution is 0.290. The van der Waals surface area contributed by atoms with E-state index in [0.717, 1.165) is 33.7 Å². The number of anilines is 1. The molecule has 4 aromatic rings. The fourth-order valence-electron chi connectivity index (χ4n) is 4.25. The van der Waals surface area contributed by atoms with Crippen molar-refractivity contribution in [1.29, 1.82) is 0 Å². The molecule has 1 aliphatic rings. The van der Waals surface area contributed by atoms with Crippen molar-refractivity contribution >= 4 is 26.5 Å². The van der Waals surface area contributed by atoms with Crippen LogP contribution >= 0.6 is 0 Å². The zero-order valence-electron chi connectivity index (χ0n) is 18.9. The van der Waals surface area contributed by atoms with E-state index in [4.69, 9.17) is 4.74 Å². The molecule has 0 saturated heterocycles. The average Bonchev–Trinajstić information content (AvgIpc) is 3.06. The van der Waals surface area contributed by atoms with Crippen molar-refractivity contribution in [2.75, 3.05) is 17.6 Å².